The summed E-state index contributed by atoms with van der Waals surface area (Å²) in [7, 11) is 1.90. The van der Waals surface area contributed by atoms with Crippen LogP contribution in [0.15, 0.2) is 30.3 Å². The minimum Gasteiger partial charge on any atom is -0.341 e. The monoisotopic (exact) mass is 297 g/mol. The number of amides is 1. The molecule has 0 bridgehead atoms. The molecule has 1 aliphatic rings. The van der Waals surface area contributed by atoms with Gasteiger partial charge >= 0.3 is 0 Å². The molecule has 1 aliphatic carbocycles. The van der Waals surface area contributed by atoms with E-state index in [0.717, 1.165) is 35.5 Å². The molecule has 1 aromatic heterocycles. The number of carbonyl (C=O) groups excluding carboxylic acids is 1. The summed E-state index contributed by atoms with van der Waals surface area (Å²) in [5, 5.41) is 4.65. The fraction of sp³-hybridized carbons (Fsp3) is 0.444. The topological polar surface area (TPSA) is 38.1 Å². The lowest BCUT2D eigenvalue weighted by Gasteiger charge is -2.29. The summed E-state index contributed by atoms with van der Waals surface area (Å²) < 4.78 is 1.96. The number of hydrogen-bond donors (Lipinski definition) is 0. The molecule has 116 valence electrons. The van der Waals surface area contributed by atoms with Crippen molar-refractivity contribution in [2.24, 2.45) is 5.92 Å². The second-order valence-corrected chi connectivity index (χ2v) is 6.22. The highest BCUT2D eigenvalue weighted by Crippen LogP contribution is 2.29. The van der Waals surface area contributed by atoms with Crippen LogP contribution in [-0.2, 0) is 11.3 Å². The predicted octanol–water partition coefficient (Wildman–Crippen LogP) is 3.25. The lowest BCUT2D eigenvalue weighted by Crippen LogP contribution is -2.35. The highest BCUT2D eigenvalue weighted by molar-refractivity contribution is 5.79. The third-order valence-corrected chi connectivity index (χ3v) is 4.67. The molecule has 0 aliphatic heterocycles. The standard InChI is InChI=1S/C18H23N3O/c1-13-17(12-20(3)18(22)15-8-7-9-15)14(2)21(19-13)16-10-5-4-6-11-16/h4-6,10-11,15H,7-9,12H2,1-3H3. The SMILES string of the molecule is Cc1nn(-c2ccccc2)c(C)c1CN(C)C(=O)C1CCC1. The molecule has 4 heteroatoms. The van der Waals surface area contributed by atoms with Gasteiger partial charge < -0.3 is 4.90 Å². The van der Waals surface area contributed by atoms with E-state index in [1.54, 1.807) is 0 Å². The van der Waals surface area contributed by atoms with E-state index >= 15 is 0 Å². The number of aromatic nitrogens is 2. The molecule has 0 atom stereocenters. The number of hydrogen-bond acceptors (Lipinski definition) is 2. The van der Waals surface area contributed by atoms with E-state index in [-0.39, 0.29) is 11.8 Å². The molecule has 3 rings (SSSR count). The molecule has 2 aromatic rings. The summed E-state index contributed by atoms with van der Waals surface area (Å²) in [6, 6.07) is 10.1. The van der Waals surface area contributed by atoms with Gasteiger partial charge in [0.2, 0.25) is 5.91 Å². The van der Waals surface area contributed by atoms with Gasteiger partial charge in [-0.25, -0.2) is 4.68 Å². The van der Waals surface area contributed by atoms with Crippen LogP contribution in [0.2, 0.25) is 0 Å². The number of benzene rings is 1. The van der Waals surface area contributed by atoms with Crippen LogP contribution in [0.4, 0.5) is 0 Å². The van der Waals surface area contributed by atoms with E-state index in [1.807, 2.05) is 53.9 Å². The molecule has 0 spiro atoms. The lowest BCUT2D eigenvalue weighted by molar-refractivity contribution is -0.137. The van der Waals surface area contributed by atoms with E-state index in [4.69, 9.17) is 0 Å². The summed E-state index contributed by atoms with van der Waals surface area (Å²) in [5.74, 6) is 0.521. The summed E-state index contributed by atoms with van der Waals surface area (Å²) in [6.45, 7) is 4.73. The first-order valence-corrected chi connectivity index (χ1v) is 7.93. The normalized spacial score (nSPS) is 14.7. The molecule has 0 unspecified atom stereocenters. The molecule has 1 amide bonds. The Labute approximate surface area is 131 Å². The number of carbonyl (C=O) groups is 1. The van der Waals surface area contributed by atoms with Crippen molar-refractivity contribution in [1.82, 2.24) is 14.7 Å². The van der Waals surface area contributed by atoms with Crippen LogP contribution in [0, 0.1) is 19.8 Å². The van der Waals surface area contributed by atoms with Gasteiger partial charge in [-0.05, 0) is 38.8 Å². The van der Waals surface area contributed by atoms with Gasteiger partial charge in [0.1, 0.15) is 0 Å². The van der Waals surface area contributed by atoms with E-state index in [2.05, 4.69) is 12.0 Å². The summed E-state index contributed by atoms with van der Waals surface area (Å²) in [6.07, 6.45) is 3.28. The molecule has 0 N–H and O–H groups in total. The first-order chi connectivity index (χ1) is 10.6. The Morgan fingerprint density at radius 2 is 1.95 bits per heavy atom. The van der Waals surface area contributed by atoms with Crippen LogP contribution in [0.5, 0.6) is 0 Å². The van der Waals surface area contributed by atoms with Gasteiger partial charge in [0.25, 0.3) is 0 Å². The Kier molecular flexibility index (Phi) is 4.01. The van der Waals surface area contributed by atoms with E-state index in [0.29, 0.717) is 6.54 Å². The second kappa shape index (κ2) is 5.95. The van der Waals surface area contributed by atoms with Crippen molar-refractivity contribution >= 4 is 5.91 Å². The van der Waals surface area contributed by atoms with Crippen LogP contribution in [0.25, 0.3) is 5.69 Å². The van der Waals surface area contributed by atoms with Crippen LogP contribution in [0.3, 0.4) is 0 Å². The van der Waals surface area contributed by atoms with Crippen molar-refractivity contribution in [1.29, 1.82) is 0 Å². The van der Waals surface area contributed by atoms with Gasteiger partial charge in [0.05, 0.1) is 11.4 Å². The minimum atomic E-state index is 0.245. The molecule has 1 fully saturated rings. The molecule has 4 nitrogen and oxygen atoms in total. The Morgan fingerprint density at radius 3 is 2.55 bits per heavy atom. The quantitative estimate of drug-likeness (QED) is 0.869. The van der Waals surface area contributed by atoms with Crippen molar-refractivity contribution in [2.75, 3.05) is 7.05 Å². The van der Waals surface area contributed by atoms with Crippen molar-refractivity contribution in [3.63, 3.8) is 0 Å². The average molecular weight is 297 g/mol. The molecular weight excluding hydrogens is 274 g/mol. The Balaban J connectivity index is 1.82. The maximum atomic E-state index is 12.3. The fourth-order valence-electron chi connectivity index (χ4n) is 3.01. The molecule has 22 heavy (non-hydrogen) atoms. The first kappa shape index (κ1) is 14.8. The van der Waals surface area contributed by atoms with Crippen LogP contribution >= 0.6 is 0 Å². The Bertz CT molecular complexity index is 671. The van der Waals surface area contributed by atoms with Crippen molar-refractivity contribution in [3.05, 3.63) is 47.3 Å². The summed E-state index contributed by atoms with van der Waals surface area (Å²) in [5.41, 5.74) is 4.31. The van der Waals surface area contributed by atoms with E-state index in [9.17, 15) is 4.79 Å². The molecule has 0 radical (unpaired) electrons. The smallest absolute Gasteiger partial charge is 0.225 e. The highest BCUT2D eigenvalue weighted by Gasteiger charge is 2.28. The number of nitrogens with zero attached hydrogens (tertiary/aromatic N) is 3. The van der Waals surface area contributed by atoms with Crippen LogP contribution in [0.1, 0.15) is 36.2 Å². The zero-order valence-electron chi connectivity index (χ0n) is 13.5. The van der Waals surface area contributed by atoms with Crippen molar-refractivity contribution < 1.29 is 4.79 Å². The van der Waals surface area contributed by atoms with Gasteiger partial charge in [-0.15, -0.1) is 0 Å². The lowest BCUT2D eigenvalue weighted by atomic mass is 9.84. The average Bonchev–Trinajstić information content (AvgIpc) is 2.74. The van der Waals surface area contributed by atoms with Crippen LogP contribution < -0.4 is 0 Å². The second-order valence-electron chi connectivity index (χ2n) is 6.22. The van der Waals surface area contributed by atoms with Gasteiger partial charge in [-0.1, -0.05) is 24.6 Å². The number of para-hydroxylation sites is 1. The third kappa shape index (κ3) is 2.65. The first-order valence-electron chi connectivity index (χ1n) is 7.93. The minimum absolute atomic E-state index is 0.245. The van der Waals surface area contributed by atoms with Crippen molar-refractivity contribution in [3.8, 4) is 5.69 Å². The molecular formula is C18H23N3O. The molecule has 1 heterocycles. The van der Waals surface area contributed by atoms with E-state index in [1.165, 1.54) is 6.42 Å². The van der Waals surface area contributed by atoms with Crippen molar-refractivity contribution in [2.45, 2.75) is 39.7 Å². The summed E-state index contributed by atoms with van der Waals surface area (Å²) >= 11 is 0. The fourth-order valence-corrected chi connectivity index (χ4v) is 3.01. The maximum Gasteiger partial charge on any atom is 0.225 e. The predicted molar refractivity (Wildman–Crippen MR) is 86.9 cm³/mol. The van der Waals surface area contributed by atoms with Gasteiger partial charge in [-0.3, -0.25) is 4.79 Å². The summed E-state index contributed by atoms with van der Waals surface area (Å²) in [4.78, 5) is 14.2. The van der Waals surface area contributed by atoms with E-state index < -0.39 is 0 Å². The third-order valence-electron chi connectivity index (χ3n) is 4.67. The van der Waals surface area contributed by atoms with Gasteiger partial charge in [0, 0.05) is 30.8 Å². The van der Waals surface area contributed by atoms with Gasteiger partial charge in [-0.2, -0.15) is 5.10 Å². The zero-order valence-corrected chi connectivity index (χ0v) is 13.5. The number of rotatable bonds is 4. The highest BCUT2D eigenvalue weighted by atomic mass is 16.2. The molecule has 1 saturated carbocycles. The maximum absolute atomic E-state index is 12.3. The van der Waals surface area contributed by atoms with Gasteiger partial charge in [0.15, 0.2) is 0 Å². The molecule has 0 saturated heterocycles. The molecule has 1 aromatic carbocycles. The largest absolute Gasteiger partial charge is 0.341 e. The Morgan fingerprint density at radius 1 is 1.27 bits per heavy atom. The number of aryl methyl sites for hydroxylation is 1. The van der Waals surface area contributed by atoms with Crippen LogP contribution in [-0.4, -0.2) is 27.6 Å². The zero-order chi connectivity index (χ0) is 15.7. The Hall–Kier alpha value is -2.10.